The van der Waals surface area contributed by atoms with Crippen molar-refractivity contribution < 1.29 is 9.59 Å². The Labute approximate surface area is 196 Å². The Balaban J connectivity index is 1.40. The van der Waals surface area contributed by atoms with Crippen LogP contribution in [0, 0.1) is 0 Å². The summed E-state index contributed by atoms with van der Waals surface area (Å²) in [5.41, 5.74) is 4.28. The summed E-state index contributed by atoms with van der Waals surface area (Å²) in [5.74, 6) is 0.408. The fourth-order valence-corrected chi connectivity index (χ4v) is 4.77. The summed E-state index contributed by atoms with van der Waals surface area (Å²) in [7, 11) is 0. The molecule has 0 bridgehead atoms. The van der Waals surface area contributed by atoms with Gasteiger partial charge in [0.05, 0.1) is 11.4 Å². The van der Waals surface area contributed by atoms with Crippen LogP contribution in [-0.2, 0) is 16.0 Å². The van der Waals surface area contributed by atoms with E-state index in [4.69, 9.17) is 9.98 Å². The minimum atomic E-state index is -0.622. The zero-order chi connectivity index (χ0) is 22.8. The molecular weight excluding hydrogens is 432 g/mol. The SMILES string of the molecule is CCc1ccccc1NC(=O)CSC1=Nc2ccccc2C2=N[C@@H](c3ccccc3)C(=O)N12. The Hall–Kier alpha value is -3.71. The molecule has 0 fully saturated rings. The van der Waals surface area contributed by atoms with Crippen molar-refractivity contribution in [3.8, 4) is 0 Å². The fraction of sp³-hybridized carbons (Fsp3) is 0.154. The van der Waals surface area contributed by atoms with Crippen molar-refractivity contribution in [3.63, 3.8) is 0 Å². The lowest BCUT2D eigenvalue weighted by atomic mass is 10.1. The number of amidine groups is 2. The number of hydrogen-bond donors (Lipinski definition) is 1. The minimum Gasteiger partial charge on any atom is -0.325 e. The average Bonchev–Trinajstić information content (AvgIpc) is 3.21. The molecule has 2 amide bonds. The molecule has 164 valence electrons. The van der Waals surface area contributed by atoms with Crippen molar-refractivity contribution >= 4 is 46.0 Å². The smallest absolute Gasteiger partial charge is 0.263 e. The summed E-state index contributed by atoms with van der Waals surface area (Å²) in [6.07, 6.45) is 0.829. The van der Waals surface area contributed by atoms with Crippen molar-refractivity contribution in [1.82, 2.24) is 4.90 Å². The van der Waals surface area contributed by atoms with Crippen LogP contribution in [0.2, 0.25) is 0 Å². The van der Waals surface area contributed by atoms with E-state index in [1.807, 2.05) is 78.9 Å². The largest absolute Gasteiger partial charge is 0.325 e. The van der Waals surface area contributed by atoms with E-state index in [-0.39, 0.29) is 17.6 Å². The molecule has 0 saturated heterocycles. The molecule has 33 heavy (non-hydrogen) atoms. The predicted molar refractivity (Wildman–Crippen MR) is 133 cm³/mol. The molecule has 2 aliphatic heterocycles. The summed E-state index contributed by atoms with van der Waals surface area (Å²) in [6, 6.07) is 24.3. The van der Waals surface area contributed by atoms with Crippen molar-refractivity contribution in [3.05, 3.63) is 95.6 Å². The molecule has 1 N–H and O–H groups in total. The summed E-state index contributed by atoms with van der Waals surface area (Å²) in [4.78, 5) is 37.1. The lowest BCUT2D eigenvalue weighted by Gasteiger charge is -2.25. The zero-order valence-corrected chi connectivity index (χ0v) is 18.9. The molecule has 7 heteroatoms. The Morgan fingerprint density at radius 1 is 1.00 bits per heavy atom. The quantitative estimate of drug-likeness (QED) is 0.593. The number of para-hydroxylation sites is 2. The van der Waals surface area contributed by atoms with E-state index in [1.165, 1.54) is 11.8 Å². The molecule has 0 aliphatic carbocycles. The number of aryl methyl sites for hydroxylation is 1. The van der Waals surface area contributed by atoms with E-state index < -0.39 is 6.04 Å². The van der Waals surface area contributed by atoms with Gasteiger partial charge in [-0.05, 0) is 35.7 Å². The molecular formula is C26H22N4O2S. The highest BCUT2D eigenvalue weighted by molar-refractivity contribution is 8.14. The van der Waals surface area contributed by atoms with Crippen LogP contribution in [0.1, 0.15) is 29.7 Å². The van der Waals surface area contributed by atoms with Gasteiger partial charge in [-0.15, -0.1) is 0 Å². The number of thioether (sulfide) groups is 1. The highest BCUT2D eigenvalue weighted by Crippen LogP contribution is 2.37. The summed E-state index contributed by atoms with van der Waals surface area (Å²) < 4.78 is 0. The standard InChI is InChI=1S/C26H22N4O2S/c1-2-17-10-6-8-14-20(17)27-22(31)16-33-26-28-21-15-9-7-13-19(21)24-29-23(25(32)30(24)26)18-11-4-3-5-12-18/h3-15,23H,2,16H2,1H3,(H,27,31)/t23-/m0/s1. The van der Waals surface area contributed by atoms with Crippen LogP contribution in [0.4, 0.5) is 11.4 Å². The number of amides is 2. The highest BCUT2D eigenvalue weighted by Gasteiger charge is 2.42. The van der Waals surface area contributed by atoms with E-state index >= 15 is 0 Å². The van der Waals surface area contributed by atoms with Crippen molar-refractivity contribution in [2.45, 2.75) is 19.4 Å². The van der Waals surface area contributed by atoms with Gasteiger partial charge in [0.15, 0.2) is 11.2 Å². The molecule has 6 nitrogen and oxygen atoms in total. The normalized spacial score (nSPS) is 16.6. The van der Waals surface area contributed by atoms with Gasteiger partial charge in [-0.25, -0.2) is 14.9 Å². The molecule has 0 saturated carbocycles. The fourth-order valence-electron chi connectivity index (χ4n) is 3.97. The number of benzene rings is 3. The summed E-state index contributed by atoms with van der Waals surface area (Å²) >= 11 is 1.24. The second kappa shape index (κ2) is 9.03. The number of carbonyl (C=O) groups excluding carboxylic acids is 2. The highest BCUT2D eigenvalue weighted by atomic mass is 32.2. The predicted octanol–water partition coefficient (Wildman–Crippen LogP) is 4.95. The maximum atomic E-state index is 13.4. The van der Waals surface area contributed by atoms with Gasteiger partial charge in [0, 0.05) is 11.3 Å². The first-order valence-corrected chi connectivity index (χ1v) is 11.8. The first-order valence-electron chi connectivity index (χ1n) is 10.8. The van der Waals surface area contributed by atoms with Gasteiger partial charge in [0.2, 0.25) is 5.91 Å². The van der Waals surface area contributed by atoms with Crippen LogP contribution in [0.25, 0.3) is 0 Å². The molecule has 3 aromatic carbocycles. The Bertz CT molecular complexity index is 1290. The molecule has 2 heterocycles. The van der Waals surface area contributed by atoms with E-state index in [9.17, 15) is 9.59 Å². The van der Waals surface area contributed by atoms with Gasteiger partial charge in [0.25, 0.3) is 5.91 Å². The van der Waals surface area contributed by atoms with E-state index in [0.29, 0.717) is 11.0 Å². The lowest BCUT2D eigenvalue weighted by Crippen LogP contribution is -2.40. The minimum absolute atomic E-state index is 0.131. The number of hydrogen-bond acceptors (Lipinski definition) is 5. The first-order chi connectivity index (χ1) is 16.2. The number of nitrogens with one attached hydrogen (secondary N) is 1. The Morgan fingerprint density at radius 2 is 1.73 bits per heavy atom. The third kappa shape index (κ3) is 4.07. The molecule has 0 aromatic heterocycles. The molecule has 2 aliphatic rings. The van der Waals surface area contributed by atoms with Crippen molar-refractivity contribution in [2.75, 3.05) is 11.1 Å². The number of anilines is 1. The van der Waals surface area contributed by atoms with Gasteiger partial charge in [0.1, 0.15) is 5.84 Å². The van der Waals surface area contributed by atoms with E-state index in [2.05, 4.69) is 12.2 Å². The van der Waals surface area contributed by atoms with Crippen LogP contribution in [0.15, 0.2) is 88.8 Å². The molecule has 3 aromatic rings. The first kappa shape index (κ1) is 21.2. The van der Waals surface area contributed by atoms with Gasteiger partial charge in [-0.3, -0.25) is 9.59 Å². The number of carbonyl (C=O) groups is 2. The van der Waals surface area contributed by atoms with Crippen molar-refractivity contribution in [2.24, 2.45) is 9.98 Å². The van der Waals surface area contributed by atoms with Crippen LogP contribution >= 0.6 is 11.8 Å². The summed E-state index contributed by atoms with van der Waals surface area (Å²) in [6.45, 7) is 2.05. The monoisotopic (exact) mass is 454 g/mol. The van der Waals surface area contributed by atoms with Gasteiger partial charge >= 0.3 is 0 Å². The van der Waals surface area contributed by atoms with Crippen molar-refractivity contribution in [1.29, 1.82) is 0 Å². The zero-order valence-electron chi connectivity index (χ0n) is 18.1. The number of nitrogens with zero attached hydrogens (tertiary/aromatic N) is 3. The topological polar surface area (TPSA) is 74.1 Å². The maximum Gasteiger partial charge on any atom is 0.263 e. The van der Waals surface area contributed by atoms with Crippen LogP contribution in [-0.4, -0.2) is 33.5 Å². The molecule has 5 rings (SSSR count). The Kier molecular flexibility index (Phi) is 5.79. The third-order valence-electron chi connectivity index (χ3n) is 5.59. The molecule has 0 radical (unpaired) electrons. The molecule has 0 spiro atoms. The average molecular weight is 455 g/mol. The van der Waals surface area contributed by atoms with Gasteiger partial charge in [-0.2, -0.15) is 0 Å². The number of aliphatic imine (C=N–C) groups is 2. The second-order valence-corrected chi connectivity index (χ2v) is 8.64. The number of rotatable bonds is 5. The van der Waals surface area contributed by atoms with Crippen LogP contribution in [0.5, 0.6) is 0 Å². The van der Waals surface area contributed by atoms with Crippen LogP contribution < -0.4 is 5.32 Å². The van der Waals surface area contributed by atoms with Gasteiger partial charge < -0.3 is 5.32 Å². The van der Waals surface area contributed by atoms with Crippen LogP contribution in [0.3, 0.4) is 0 Å². The Morgan fingerprint density at radius 3 is 2.55 bits per heavy atom. The lowest BCUT2D eigenvalue weighted by molar-refractivity contribution is -0.124. The van der Waals surface area contributed by atoms with E-state index in [1.54, 1.807) is 4.90 Å². The molecule has 0 unspecified atom stereocenters. The molecule has 1 atom stereocenters. The summed E-state index contributed by atoms with van der Waals surface area (Å²) in [5, 5.41) is 3.44. The third-order valence-corrected chi connectivity index (χ3v) is 6.53. The second-order valence-electron chi connectivity index (χ2n) is 7.70. The van der Waals surface area contributed by atoms with E-state index in [0.717, 1.165) is 34.5 Å². The number of fused-ring (bicyclic) bond motifs is 3. The maximum absolute atomic E-state index is 13.4. The van der Waals surface area contributed by atoms with Gasteiger partial charge in [-0.1, -0.05) is 79.3 Å².